The highest BCUT2D eigenvalue weighted by atomic mass is 19.1. The highest BCUT2D eigenvalue weighted by molar-refractivity contribution is 5.81. The molecule has 1 aromatic heterocycles. The third-order valence-electron chi connectivity index (χ3n) is 3.49. The number of fused-ring (bicyclic) bond motifs is 3. The van der Waals surface area contributed by atoms with Crippen molar-refractivity contribution in [1.29, 1.82) is 0 Å². The molecule has 0 bridgehead atoms. The molecule has 2 N–H and O–H groups in total. The zero-order valence-corrected chi connectivity index (χ0v) is 9.12. The Morgan fingerprint density at radius 1 is 1.38 bits per heavy atom. The predicted molar refractivity (Wildman–Crippen MR) is 62.9 cm³/mol. The molecule has 0 aliphatic carbocycles. The minimum absolute atomic E-state index is 0.167. The number of benzene rings is 1. The average molecular weight is 218 g/mol. The first-order chi connectivity index (χ1) is 7.79. The molecule has 0 fully saturated rings. The van der Waals surface area contributed by atoms with E-state index in [1.54, 1.807) is 6.07 Å². The Bertz CT molecular complexity index is 530. The van der Waals surface area contributed by atoms with Crippen LogP contribution in [0.5, 0.6) is 0 Å². The lowest BCUT2D eigenvalue weighted by molar-refractivity contribution is 0.421. The van der Waals surface area contributed by atoms with E-state index >= 15 is 0 Å². The average Bonchev–Trinajstić information content (AvgIpc) is 2.65. The molecule has 3 heteroatoms. The number of hydrogen-bond donors (Lipinski definition) is 1. The topological polar surface area (TPSA) is 30.9 Å². The third-order valence-corrected chi connectivity index (χ3v) is 3.49. The van der Waals surface area contributed by atoms with Gasteiger partial charge in [-0.05, 0) is 43.5 Å². The first-order valence-corrected chi connectivity index (χ1v) is 5.79. The van der Waals surface area contributed by atoms with E-state index in [0.29, 0.717) is 12.6 Å². The van der Waals surface area contributed by atoms with Crippen molar-refractivity contribution in [2.75, 3.05) is 6.54 Å². The van der Waals surface area contributed by atoms with Crippen molar-refractivity contribution in [1.82, 2.24) is 4.57 Å². The van der Waals surface area contributed by atoms with E-state index in [9.17, 15) is 4.39 Å². The van der Waals surface area contributed by atoms with Crippen LogP contribution in [0.4, 0.5) is 4.39 Å². The quantitative estimate of drug-likeness (QED) is 0.783. The summed E-state index contributed by atoms with van der Waals surface area (Å²) in [6, 6.07) is 7.47. The monoisotopic (exact) mass is 218 g/mol. The molecular weight excluding hydrogens is 203 g/mol. The molecule has 0 saturated heterocycles. The summed E-state index contributed by atoms with van der Waals surface area (Å²) in [5, 5.41) is 0.996. The standard InChI is InChI=1S/C13H15FN2/c14-10-4-5-13-9(6-10)7-11-2-1-3-12(8-15)16(11)13/h4-7,12H,1-3,8,15H2. The van der Waals surface area contributed by atoms with E-state index < -0.39 is 0 Å². The lowest BCUT2D eigenvalue weighted by Gasteiger charge is -2.25. The Labute approximate surface area is 93.9 Å². The van der Waals surface area contributed by atoms with Gasteiger partial charge in [0, 0.05) is 29.2 Å². The van der Waals surface area contributed by atoms with Crippen LogP contribution in [0.3, 0.4) is 0 Å². The Hall–Kier alpha value is -1.35. The molecule has 1 aliphatic heterocycles. The SMILES string of the molecule is NCC1CCCc2cc3cc(F)ccc3n21. The van der Waals surface area contributed by atoms with E-state index in [0.717, 1.165) is 23.7 Å². The first kappa shape index (κ1) is 9.85. The fourth-order valence-electron chi connectivity index (χ4n) is 2.76. The van der Waals surface area contributed by atoms with Gasteiger partial charge in [0.15, 0.2) is 0 Å². The number of nitrogens with two attached hydrogens (primary N) is 1. The van der Waals surface area contributed by atoms with Gasteiger partial charge >= 0.3 is 0 Å². The van der Waals surface area contributed by atoms with Crippen LogP contribution in [0.1, 0.15) is 24.6 Å². The number of nitrogens with zero attached hydrogens (tertiary/aromatic N) is 1. The zero-order chi connectivity index (χ0) is 11.1. The van der Waals surface area contributed by atoms with Gasteiger partial charge in [-0.1, -0.05) is 0 Å². The molecule has 2 heterocycles. The number of rotatable bonds is 1. The molecule has 0 spiro atoms. The lowest BCUT2D eigenvalue weighted by Crippen LogP contribution is -2.24. The maximum absolute atomic E-state index is 13.1. The second kappa shape index (κ2) is 3.59. The maximum atomic E-state index is 13.1. The van der Waals surface area contributed by atoms with E-state index in [1.807, 2.05) is 6.07 Å². The second-order valence-corrected chi connectivity index (χ2v) is 4.49. The molecule has 0 amide bonds. The Kier molecular flexibility index (Phi) is 2.21. The summed E-state index contributed by atoms with van der Waals surface area (Å²) in [7, 11) is 0. The lowest BCUT2D eigenvalue weighted by atomic mass is 10.0. The van der Waals surface area contributed by atoms with Crippen molar-refractivity contribution < 1.29 is 4.39 Å². The molecule has 84 valence electrons. The van der Waals surface area contributed by atoms with Crippen LogP contribution in [0.2, 0.25) is 0 Å². The summed E-state index contributed by atoms with van der Waals surface area (Å²) in [5.74, 6) is -0.167. The minimum Gasteiger partial charge on any atom is -0.340 e. The molecule has 1 aliphatic rings. The Morgan fingerprint density at radius 3 is 3.06 bits per heavy atom. The summed E-state index contributed by atoms with van der Waals surface area (Å²) in [6.07, 6.45) is 3.39. The van der Waals surface area contributed by atoms with Gasteiger partial charge in [-0.15, -0.1) is 0 Å². The summed E-state index contributed by atoms with van der Waals surface area (Å²) in [5.41, 5.74) is 8.21. The highest BCUT2D eigenvalue weighted by Gasteiger charge is 2.20. The van der Waals surface area contributed by atoms with Crippen molar-refractivity contribution in [2.24, 2.45) is 5.73 Å². The van der Waals surface area contributed by atoms with Crippen molar-refractivity contribution in [3.63, 3.8) is 0 Å². The van der Waals surface area contributed by atoms with Gasteiger partial charge in [0.25, 0.3) is 0 Å². The molecule has 16 heavy (non-hydrogen) atoms. The molecule has 2 aromatic rings. The maximum Gasteiger partial charge on any atom is 0.123 e. The highest BCUT2D eigenvalue weighted by Crippen LogP contribution is 2.31. The molecular formula is C13H15FN2. The number of halogens is 1. The minimum atomic E-state index is -0.167. The molecule has 2 nitrogen and oxygen atoms in total. The van der Waals surface area contributed by atoms with Crippen LogP contribution in [0, 0.1) is 5.82 Å². The van der Waals surface area contributed by atoms with E-state index in [-0.39, 0.29) is 5.82 Å². The van der Waals surface area contributed by atoms with Gasteiger partial charge in [0.1, 0.15) is 5.82 Å². The van der Waals surface area contributed by atoms with Crippen molar-refractivity contribution in [3.05, 3.63) is 35.8 Å². The summed E-state index contributed by atoms with van der Waals surface area (Å²) < 4.78 is 15.4. The fourth-order valence-corrected chi connectivity index (χ4v) is 2.76. The number of aromatic nitrogens is 1. The Balaban J connectivity index is 2.26. The van der Waals surface area contributed by atoms with Crippen LogP contribution in [-0.2, 0) is 6.42 Å². The summed E-state index contributed by atoms with van der Waals surface area (Å²) >= 11 is 0. The van der Waals surface area contributed by atoms with Crippen LogP contribution in [0.15, 0.2) is 24.3 Å². The van der Waals surface area contributed by atoms with E-state index in [2.05, 4.69) is 10.6 Å². The van der Waals surface area contributed by atoms with Crippen LogP contribution < -0.4 is 5.73 Å². The van der Waals surface area contributed by atoms with Crippen LogP contribution in [-0.4, -0.2) is 11.1 Å². The van der Waals surface area contributed by atoms with E-state index in [4.69, 9.17) is 5.73 Å². The predicted octanol–water partition coefficient (Wildman–Crippen LogP) is 2.62. The summed E-state index contributed by atoms with van der Waals surface area (Å²) in [4.78, 5) is 0. The molecule has 1 atom stereocenters. The zero-order valence-electron chi connectivity index (χ0n) is 9.12. The molecule has 1 unspecified atom stereocenters. The number of hydrogen-bond acceptors (Lipinski definition) is 1. The molecule has 0 saturated carbocycles. The fraction of sp³-hybridized carbons (Fsp3) is 0.385. The first-order valence-electron chi connectivity index (χ1n) is 5.79. The number of aryl methyl sites for hydroxylation is 1. The second-order valence-electron chi connectivity index (χ2n) is 4.49. The Morgan fingerprint density at radius 2 is 2.25 bits per heavy atom. The van der Waals surface area contributed by atoms with Gasteiger partial charge in [0.2, 0.25) is 0 Å². The van der Waals surface area contributed by atoms with E-state index in [1.165, 1.54) is 18.2 Å². The van der Waals surface area contributed by atoms with Crippen LogP contribution in [0.25, 0.3) is 10.9 Å². The smallest absolute Gasteiger partial charge is 0.123 e. The van der Waals surface area contributed by atoms with Gasteiger partial charge in [-0.2, -0.15) is 0 Å². The normalized spacial score (nSPS) is 20.0. The molecule has 3 rings (SSSR count). The van der Waals surface area contributed by atoms with Crippen molar-refractivity contribution in [2.45, 2.75) is 25.3 Å². The van der Waals surface area contributed by atoms with Crippen molar-refractivity contribution in [3.8, 4) is 0 Å². The van der Waals surface area contributed by atoms with Gasteiger partial charge in [-0.25, -0.2) is 4.39 Å². The summed E-state index contributed by atoms with van der Waals surface area (Å²) in [6.45, 7) is 0.661. The van der Waals surface area contributed by atoms with Gasteiger partial charge < -0.3 is 10.3 Å². The van der Waals surface area contributed by atoms with Gasteiger partial charge in [0.05, 0.1) is 0 Å². The molecule has 1 aromatic carbocycles. The van der Waals surface area contributed by atoms with Crippen LogP contribution >= 0.6 is 0 Å². The molecule has 0 radical (unpaired) electrons. The van der Waals surface area contributed by atoms with Crippen molar-refractivity contribution >= 4 is 10.9 Å². The third kappa shape index (κ3) is 1.35. The van der Waals surface area contributed by atoms with Gasteiger partial charge in [-0.3, -0.25) is 0 Å². The largest absolute Gasteiger partial charge is 0.340 e.